The molecule has 3 heterocycles. The summed E-state index contributed by atoms with van der Waals surface area (Å²) in [7, 11) is 0. The average Bonchev–Trinajstić information content (AvgIpc) is 3.32. The molecule has 0 aromatic heterocycles. The molecular weight excluding hydrogens is 372 g/mol. The molecule has 5 rings (SSSR count). The van der Waals surface area contributed by atoms with Crippen molar-refractivity contribution in [2.24, 2.45) is 0 Å². The molecule has 1 saturated heterocycles. The lowest BCUT2D eigenvalue weighted by atomic mass is 9.95. The summed E-state index contributed by atoms with van der Waals surface area (Å²) in [4.78, 5) is 26.8. The first-order valence-corrected chi connectivity index (χ1v) is 9.55. The fourth-order valence-corrected chi connectivity index (χ4v) is 4.20. The van der Waals surface area contributed by atoms with Crippen molar-refractivity contribution in [2.75, 3.05) is 25.1 Å². The van der Waals surface area contributed by atoms with Crippen molar-refractivity contribution in [3.8, 4) is 0 Å². The predicted molar refractivity (Wildman–Crippen MR) is 106 cm³/mol. The predicted octanol–water partition coefficient (Wildman–Crippen LogP) is 2.32. The van der Waals surface area contributed by atoms with Crippen molar-refractivity contribution in [2.45, 2.75) is 19.3 Å². The summed E-state index contributed by atoms with van der Waals surface area (Å²) in [5.74, 6) is -1.20. The molecule has 3 aliphatic heterocycles. The van der Waals surface area contributed by atoms with Crippen LogP contribution in [0.1, 0.15) is 22.3 Å². The summed E-state index contributed by atoms with van der Waals surface area (Å²) in [6, 6.07) is 12.6. The van der Waals surface area contributed by atoms with Gasteiger partial charge in [0, 0.05) is 17.8 Å². The Morgan fingerprint density at radius 3 is 2.79 bits per heavy atom. The van der Waals surface area contributed by atoms with E-state index in [0.717, 1.165) is 27.9 Å². The molecule has 7 nitrogen and oxygen atoms in total. The van der Waals surface area contributed by atoms with E-state index in [1.807, 2.05) is 42.5 Å². The second-order valence-electron chi connectivity index (χ2n) is 7.32. The molecule has 0 spiro atoms. The van der Waals surface area contributed by atoms with Crippen LogP contribution in [-0.2, 0) is 32.3 Å². The number of carbonyl (C=O) groups excluding carboxylic acids is 1. The van der Waals surface area contributed by atoms with E-state index >= 15 is 0 Å². The van der Waals surface area contributed by atoms with Gasteiger partial charge < -0.3 is 24.8 Å². The highest BCUT2D eigenvalue weighted by molar-refractivity contribution is 6.36. The van der Waals surface area contributed by atoms with Crippen LogP contribution in [0.2, 0.25) is 0 Å². The van der Waals surface area contributed by atoms with Gasteiger partial charge in [-0.05, 0) is 28.8 Å². The highest BCUT2D eigenvalue weighted by Gasteiger charge is 2.37. The van der Waals surface area contributed by atoms with Gasteiger partial charge in [0.25, 0.3) is 5.91 Å². The second kappa shape index (κ2) is 7.02. The van der Waals surface area contributed by atoms with Gasteiger partial charge in [-0.3, -0.25) is 4.79 Å². The van der Waals surface area contributed by atoms with Crippen LogP contribution in [0.4, 0.5) is 5.69 Å². The SMILES string of the molecule is O=C1Nc2ccccc2C1=C(c1ccc2c(c1)COC2)N1CCOCC1C(=O)O. The molecular formula is C22H20N2O5. The summed E-state index contributed by atoms with van der Waals surface area (Å²) in [5.41, 5.74) is 5.61. The standard InChI is InChI=1S/C22H20N2O5/c25-21-19(16-3-1-2-4-17(16)23-21)20(24-7-8-28-12-18(24)22(26)27)13-5-6-14-10-29-11-15(14)9-13/h1-6,9,18H,7-8,10-12H2,(H,23,25)(H,26,27). The largest absolute Gasteiger partial charge is 0.480 e. The maximum atomic E-state index is 13.0. The minimum Gasteiger partial charge on any atom is -0.480 e. The van der Waals surface area contributed by atoms with Gasteiger partial charge in [-0.2, -0.15) is 0 Å². The van der Waals surface area contributed by atoms with Crippen molar-refractivity contribution < 1.29 is 24.2 Å². The number of nitrogens with one attached hydrogen (secondary N) is 1. The van der Waals surface area contributed by atoms with Gasteiger partial charge in [0.05, 0.1) is 37.7 Å². The fourth-order valence-electron chi connectivity index (χ4n) is 4.20. The maximum absolute atomic E-state index is 13.0. The van der Waals surface area contributed by atoms with E-state index in [9.17, 15) is 14.7 Å². The maximum Gasteiger partial charge on any atom is 0.328 e. The quantitative estimate of drug-likeness (QED) is 0.780. The Bertz CT molecular complexity index is 1050. The van der Waals surface area contributed by atoms with Crippen LogP contribution in [-0.4, -0.2) is 47.7 Å². The molecule has 2 N–H and O–H groups in total. The average molecular weight is 392 g/mol. The van der Waals surface area contributed by atoms with Gasteiger partial charge in [0.1, 0.15) is 0 Å². The number of hydrogen-bond acceptors (Lipinski definition) is 5. The molecule has 1 fully saturated rings. The molecule has 1 amide bonds. The van der Waals surface area contributed by atoms with Gasteiger partial charge in [0.15, 0.2) is 6.04 Å². The monoisotopic (exact) mass is 392 g/mol. The zero-order valence-corrected chi connectivity index (χ0v) is 15.7. The Morgan fingerprint density at radius 1 is 1.10 bits per heavy atom. The summed E-state index contributed by atoms with van der Waals surface area (Å²) in [6.07, 6.45) is 0. The minimum absolute atomic E-state index is 0.0728. The van der Waals surface area contributed by atoms with Crippen molar-refractivity contribution in [1.29, 1.82) is 0 Å². The molecule has 3 aliphatic rings. The molecule has 1 unspecified atom stereocenters. The number of carbonyl (C=O) groups is 2. The van der Waals surface area contributed by atoms with Gasteiger partial charge in [-0.25, -0.2) is 4.79 Å². The van der Waals surface area contributed by atoms with E-state index < -0.39 is 12.0 Å². The van der Waals surface area contributed by atoms with Gasteiger partial charge in [-0.1, -0.05) is 30.3 Å². The number of carboxylic acid groups (broad SMARTS) is 1. The third-order valence-corrected chi connectivity index (χ3v) is 5.60. The van der Waals surface area contributed by atoms with E-state index in [4.69, 9.17) is 9.47 Å². The summed E-state index contributed by atoms with van der Waals surface area (Å²) in [5, 5.41) is 12.7. The Balaban J connectivity index is 1.74. The molecule has 148 valence electrons. The number of ether oxygens (including phenoxy) is 2. The number of aliphatic carboxylic acids is 1. The molecule has 0 radical (unpaired) electrons. The van der Waals surface area contributed by atoms with Crippen LogP contribution in [0.3, 0.4) is 0 Å². The van der Waals surface area contributed by atoms with E-state index in [0.29, 0.717) is 37.6 Å². The normalized spacial score (nSPS) is 22.1. The van der Waals surface area contributed by atoms with Crippen LogP contribution in [0.25, 0.3) is 11.3 Å². The third-order valence-electron chi connectivity index (χ3n) is 5.60. The lowest BCUT2D eigenvalue weighted by Crippen LogP contribution is -2.49. The fraction of sp³-hybridized carbons (Fsp3) is 0.273. The number of amides is 1. The molecule has 0 saturated carbocycles. The first-order chi connectivity index (χ1) is 14.1. The first-order valence-electron chi connectivity index (χ1n) is 9.55. The van der Waals surface area contributed by atoms with Crippen molar-refractivity contribution in [3.05, 3.63) is 64.7 Å². The highest BCUT2D eigenvalue weighted by atomic mass is 16.5. The van der Waals surface area contributed by atoms with Crippen molar-refractivity contribution in [1.82, 2.24) is 4.90 Å². The number of nitrogens with zero attached hydrogens (tertiary/aromatic N) is 1. The Kier molecular flexibility index (Phi) is 4.34. The third kappa shape index (κ3) is 2.99. The van der Waals surface area contributed by atoms with Crippen molar-refractivity contribution in [3.63, 3.8) is 0 Å². The molecule has 2 aromatic carbocycles. The Morgan fingerprint density at radius 2 is 1.93 bits per heavy atom. The summed E-state index contributed by atoms with van der Waals surface area (Å²) >= 11 is 0. The molecule has 0 aliphatic carbocycles. The lowest BCUT2D eigenvalue weighted by Gasteiger charge is -2.37. The number of benzene rings is 2. The zero-order chi connectivity index (χ0) is 20.0. The second-order valence-corrected chi connectivity index (χ2v) is 7.32. The van der Waals surface area contributed by atoms with Crippen LogP contribution in [0, 0.1) is 0 Å². The molecule has 7 heteroatoms. The van der Waals surface area contributed by atoms with Crippen molar-refractivity contribution >= 4 is 28.8 Å². The number of morpholine rings is 1. The number of hydrogen-bond donors (Lipinski definition) is 2. The zero-order valence-electron chi connectivity index (χ0n) is 15.7. The molecule has 29 heavy (non-hydrogen) atoms. The van der Waals surface area contributed by atoms with Crippen LogP contribution in [0.5, 0.6) is 0 Å². The molecule has 2 aromatic rings. The number of carboxylic acids is 1. The number of anilines is 1. The first kappa shape index (κ1) is 17.9. The Labute approximate surface area is 167 Å². The smallest absolute Gasteiger partial charge is 0.328 e. The molecule has 0 bridgehead atoms. The lowest BCUT2D eigenvalue weighted by molar-refractivity contribution is -0.147. The van der Waals surface area contributed by atoms with Gasteiger partial charge >= 0.3 is 5.97 Å². The van der Waals surface area contributed by atoms with Crippen LogP contribution < -0.4 is 5.32 Å². The summed E-state index contributed by atoms with van der Waals surface area (Å²) in [6.45, 7) is 1.94. The topological polar surface area (TPSA) is 88.1 Å². The highest BCUT2D eigenvalue weighted by Crippen LogP contribution is 2.40. The van der Waals surface area contributed by atoms with E-state index in [2.05, 4.69) is 5.32 Å². The van der Waals surface area contributed by atoms with Gasteiger partial charge in [0.2, 0.25) is 0 Å². The van der Waals surface area contributed by atoms with Crippen LogP contribution in [0.15, 0.2) is 42.5 Å². The van der Waals surface area contributed by atoms with Gasteiger partial charge in [-0.15, -0.1) is 0 Å². The number of rotatable bonds is 3. The van der Waals surface area contributed by atoms with E-state index in [-0.39, 0.29) is 12.5 Å². The minimum atomic E-state index is -0.973. The van der Waals surface area contributed by atoms with E-state index in [1.54, 1.807) is 4.90 Å². The Hall–Kier alpha value is -3.16. The van der Waals surface area contributed by atoms with Crippen LogP contribution >= 0.6 is 0 Å². The van der Waals surface area contributed by atoms with E-state index in [1.165, 1.54) is 0 Å². The number of para-hydroxylation sites is 1. The molecule has 1 atom stereocenters. The summed E-state index contributed by atoms with van der Waals surface area (Å²) < 4.78 is 11.0. The number of fused-ring (bicyclic) bond motifs is 2.